The number of hydrogen-bond acceptors (Lipinski definition) is 4. The van der Waals surface area contributed by atoms with Crippen LogP contribution in [0.1, 0.15) is 36.2 Å². The molecule has 1 amide bonds. The van der Waals surface area contributed by atoms with Crippen molar-refractivity contribution in [2.75, 3.05) is 0 Å². The van der Waals surface area contributed by atoms with Gasteiger partial charge in [0.1, 0.15) is 11.6 Å². The molecule has 21 heavy (non-hydrogen) atoms. The van der Waals surface area contributed by atoms with Crippen LogP contribution < -0.4 is 5.32 Å². The number of nitro benzene ring substituents is 1. The Morgan fingerprint density at radius 2 is 2.00 bits per heavy atom. The summed E-state index contributed by atoms with van der Waals surface area (Å²) in [6.45, 7) is 5.19. The maximum atomic E-state index is 12.1. The van der Waals surface area contributed by atoms with E-state index in [4.69, 9.17) is 5.11 Å². The number of benzene rings is 1. The van der Waals surface area contributed by atoms with Gasteiger partial charge in [-0.3, -0.25) is 14.9 Å². The number of aliphatic carboxylic acids is 1. The summed E-state index contributed by atoms with van der Waals surface area (Å²) in [7, 11) is 0. The number of carbonyl (C=O) groups excluding carboxylic acids is 1. The Hall–Kier alpha value is -2.44. The van der Waals surface area contributed by atoms with Crippen LogP contribution in [0.4, 0.5) is 5.69 Å². The van der Waals surface area contributed by atoms with Crippen molar-refractivity contribution < 1.29 is 19.6 Å². The Labute approximate surface area is 122 Å². The first-order chi connectivity index (χ1) is 9.73. The first-order valence-electron chi connectivity index (χ1n) is 6.51. The lowest BCUT2D eigenvalue weighted by atomic mass is 10.0. The van der Waals surface area contributed by atoms with Crippen molar-refractivity contribution in [2.24, 2.45) is 5.92 Å². The van der Waals surface area contributed by atoms with E-state index < -0.39 is 22.8 Å². The minimum atomic E-state index is -1.16. The molecule has 1 rings (SSSR count). The number of rotatable bonds is 6. The second kappa shape index (κ2) is 6.83. The average Bonchev–Trinajstić information content (AvgIpc) is 2.36. The zero-order chi connectivity index (χ0) is 16.2. The van der Waals surface area contributed by atoms with Gasteiger partial charge in [-0.05, 0) is 25.3 Å². The molecule has 0 aliphatic rings. The van der Waals surface area contributed by atoms with Crippen LogP contribution in [-0.2, 0) is 4.79 Å². The number of hydrogen-bond donors (Lipinski definition) is 2. The summed E-state index contributed by atoms with van der Waals surface area (Å²) in [5.74, 6) is -1.84. The van der Waals surface area contributed by atoms with Crippen molar-refractivity contribution in [3.8, 4) is 0 Å². The Bertz CT molecular complexity index is 568. The number of carboxylic acid groups (broad SMARTS) is 1. The molecule has 114 valence electrons. The highest BCUT2D eigenvalue weighted by molar-refractivity contribution is 6.00. The molecule has 2 N–H and O–H groups in total. The number of nitro groups is 1. The quantitative estimate of drug-likeness (QED) is 0.617. The summed E-state index contributed by atoms with van der Waals surface area (Å²) in [4.78, 5) is 33.7. The highest BCUT2D eigenvalue weighted by Crippen LogP contribution is 2.23. The van der Waals surface area contributed by atoms with Crippen LogP contribution in [0.25, 0.3) is 0 Å². The fraction of sp³-hybridized carbons (Fsp3) is 0.429. The molecular weight excluding hydrogens is 276 g/mol. The second-order valence-electron chi connectivity index (χ2n) is 5.22. The number of amides is 1. The monoisotopic (exact) mass is 294 g/mol. The van der Waals surface area contributed by atoms with E-state index in [9.17, 15) is 19.7 Å². The molecule has 1 aromatic carbocycles. The van der Waals surface area contributed by atoms with Gasteiger partial charge < -0.3 is 10.4 Å². The van der Waals surface area contributed by atoms with Gasteiger partial charge in [0.05, 0.1) is 4.92 Å². The van der Waals surface area contributed by atoms with Crippen molar-refractivity contribution >= 4 is 17.6 Å². The smallest absolute Gasteiger partial charge is 0.326 e. The molecule has 1 aromatic rings. The van der Waals surface area contributed by atoms with Gasteiger partial charge in [0, 0.05) is 5.56 Å². The lowest BCUT2D eigenvalue weighted by molar-refractivity contribution is -0.385. The summed E-state index contributed by atoms with van der Waals surface area (Å²) in [6.07, 6.45) is 0.251. The van der Waals surface area contributed by atoms with Crippen LogP contribution in [0.2, 0.25) is 0 Å². The molecule has 0 unspecified atom stereocenters. The highest BCUT2D eigenvalue weighted by Gasteiger charge is 2.27. The molecular formula is C14H18N2O5. The summed E-state index contributed by atoms with van der Waals surface area (Å²) in [6, 6.07) is 3.29. The predicted octanol–water partition coefficient (Wildman–Crippen LogP) is 2.13. The molecule has 0 saturated carbocycles. The van der Waals surface area contributed by atoms with E-state index in [0.717, 1.165) is 0 Å². The lowest BCUT2D eigenvalue weighted by Gasteiger charge is -2.16. The fourth-order valence-corrected chi connectivity index (χ4v) is 2.01. The van der Waals surface area contributed by atoms with E-state index in [1.807, 2.05) is 13.8 Å². The second-order valence-corrected chi connectivity index (χ2v) is 5.22. The van der Waals surface area contributed by atoms with Gasteiger partial charge >= 0.3 is 5.97 Å². The SMILES string of the molecule is Cc1cccc(C(=O)N[C@H](CC(C)C)C(=O)O)c1[N+](=O)[O-]. The number of nitrogens with zero attached hydrogens (tertiary/aromatic N) is 1. The molecule has 0 fully saturated rings. The van der Waals surface area contributed by atoms with E-state index in [2.05, 4.69) is 5.32 Å². The predicted molar refractivity (Wildman–Crippen MR) is 76.2 cm³/mol. The molecule has 0 saturated heterocycles. The van der Waals surface area contributed by atoms with Crippen molar-refractivity contribution in [1.82, 2.24) is 5.32 Å². The summed E-state index contributed by atoms with van der Waals surface area (Å²) in [5, 5.41) is 22.5. The van der Waals surface area contributed by atoms with Crippen LogP contribution in [0.3, 0.4) is 0 Å². The van der Waals surface area contributed by atoms with E-state index in [1.165, 1.54) is 25.1 Å². The van der Waals surface area contributed by atoms with Gasteiger partial charge in [-0.2, -0.15) is 0 Å². The molecule has 0 radical (unpaired) electrons. The number of nitrogens with one attached hydrogen (secondary N) is 1. The van der Waals surface area contributed by atoms with E-state index >= 15 is 0 Å². The third-order valence-electron chi connectivity index (χ3n) is 2.98. The number of carbonyl (C=O) groups is 2. The molecule has 7 heteroatoms. The van der Waals surface area contributed by atoms with Gasteiger partial charge in [0.2, 0.25) is 0 Å². The normalized spacial score (nSPS) is 12.0. The maximum absolute atomic E-state index is 12.1. The first-order valence-corrected chi connectivity index (χ1v) is 6.51. The largest absolute Gasteiger partial charge is 0.480 e. The Kier molecular flexibility index (Phi) is 5.40. The van der Waals surface area contributed by atoms with Crippen LogP contribution >= 0.6 is 0 Å². The molecule has 0 heterocycles. The van der Waals surface area contributed by atoms with Crippen LogP contribution in [0.5, 0.6) is 0 Å². The third kappa shape index (κ3) is 4.27. The molecule has 0 aromatic heterocycles. The summed E-state index contributed by atoms with van der Waals surface area (Å²) in [5.41, 5.74) is -0.0814. The maximum Gasteiger partial charge on any atom is 0.326 e. The Balaban J connectivity index is 3.06. The van der Waals surface area contributed by atoms with E-state index in [0.29, 0.717) is 5.56 Å². The summed E-state index contributed by atoms with van der Waals surface area (Å²) >= 11 is 0. The first kappa shape index (κ1) is 16.6. The zero-order valence-electron chi connectivity index (χ0n) is 12.1. The molecule has 1 atom stereocenters. The average molecular weight is 294 g/mol. The summed E-state index contributed by atoms with van der Waals surface area (Å²) < 4.78 is 0. The minimum absolute atomic E-state index is 0.0684. The zero-order valence-corrected chi connectivity index (χ0v) is 12.1. The number of para-hydroxylation sites is 1. The van der Waals surface area contributed by atoms with Crippen molar-refractivity contribution in [1.29, 1.82) is 0 Å². The van der Waals surface area contributed by atoms with Crippen LogP contribution in [-0.4, -0.2) is 27.9 Å². The van der Waals surface area contributed by atoms with Gasteiger partial charge in [-0.25, -0.2) is 4.79 Å². The molecule has 0 bridgehead atoms. The molecule has 0 aliphatic heterocycles. The Morgan fingerprint density at radius 1 is 1.38 bits per heavy atom. The number of carboxylic acids is 1. The van der Waals surface area contributed by atoms with E-state index in [1.54, 1.807) is 0 Å². The van der Waals surface area contributed by atoms with Gasteiger partial charge in [-0.1, -0.05) is 26.0 Å². The molecule has 0 aliphatic carbocycles. The topological polar surface area (TPSA) is 110 Å². The third-order valence-corrected chi connectivity index (χ3v) is 2.98. The van der Waals surface area contributed by atoms with Gasteiger partial charge in [-0.15, -0.1) is 0 Å². The Morgan fingerprint density at radius 3 is 2.48 bits per heavy atom. The van der Waals surface area contributed by atoms with Crippen LogP contribution in [0, 0.1) is 23.0 Å². The van der Waals surface area contributed by atoms with Gasteiger partial charge in [0.15, 0.2) is 0 Å². The van der Waals surface area contributed by atoms with Crippen molar-refractivity contribution in [3.63, 3.8) is 0 Å². The standard InChI is InChI=1S/C14H18N2O5/c1-8(2)7-11(14(18)19)15-13(17)10-6-4-5-9(3)12(10)16(20)21/h4-6,8,11H,7H2,1-3H3,(H,15,17)(H,18,19)/t11-/m1/s1. The molecule has 0 spiro atoms. The van der Waals surface area contributed by atoms with E-state index in [-0.39, 0.29) is 23.6 Å². The van der Waals surface area contributed by atoms with Gasteiger partial charge in [0.25, 0.3) is 11.6 Å². The van der Waals surface area contributed by atoms with Crippen molar-refractivity contribution in [2.45, 2.75) is 33.2 Å². The minimum Gasteiger partial charge on any atom is -0.480 e. The van der Waals surface area contributed by atoms with Crippen LogP contribution in [0.15, 0.2) is 18.2 Å². The van der Waals surface area contributed by atoms with Crippen molar-refractivity contribution in [3.05, 3.63) is 39.4 Å². The molecule has 7 nitrogen and oxygen atoms in total. The lowest BCUT2D eigenvalue weighted by Crippen LogP contribution is -2.41. The highest BCUT2D eigenvalue weighted by atomic mass is 16.6. The number of aryl methyl sites for hydroxylation is 1. The fourth-order valence-electron chi connectivity index (χ4n) is 2.01.